The van der Waals surface area contributed by atoms with E-state index in [0.29, 0.717) is 15.6 Å². The molecule has 0 saturated heterocycles. The number of rotatable bonds is 4. The molecule has 3 N–H and O–H groups in total. The fraction of sp³-hybridized carbons (Fsp3) is 0.200. The summed E-state index contributed by atoms with van der Waals surface area (Å²) in [5.41, 5.74) is 5.97. The van der Waals surface area contributed by atoms with E-state index in [1.807, 2.05) is 6.92 Å². The third-order valence-electron chi connectivity index (χ3n) is 2.19. The van der Waals surface area contributed by atoms with Crippen LogP contribution in [-0.4, -0.2) is 25.4 Å². The van der Waals surface area contributed by atoms with Crippen LogP contribution in [0, 0.1) is 0 Å². The van der Waals surface area contributed by atoms with E-state index in [4.69, 9.17) is 22.5 Å². The lowest BCUT2D eigenvalue weighted by atomic mass is 10.2. The second-order valence-corrected chi connectivity index (χ2v) is 5.76. The summed E-state index contributed by atoms with van der Waals surface area (Å²) in [6.45, 7) is 1.99. The molecule has 0 radical (unpaired) electrons. The van der Waals surface area contributed by atoms with Gasteiger partial charge in [0.05, 0.1) is 5.02 Å². The average molecular weight is 316 g/mol. The first kappa shape index (κ1) is 14.0. The number of pyridine rings is 1. The fourth-order valence-corrected chi connectivity index (χ4v) is 3.20. The summed E-state index contributed by atoms with van der Waals surface area (Å²) in [4.78, 5) is 8.48. The summed E-state index contributed by atoms with van der Waals surface area (Å²) < 4.78 is 4.94. The maximum atomic E-state index is 8.69. The number of amidine groups is 1. The van der Waals surface area contributed by atoms with Gasteiger partial charge in [-0.2, -0.15) is 4.37 Å². The van der Waals surface area contributed by atoms with Gasteiger partial charge in [0.2, 0.25) is 0 Å². The minimum absolute atomic E-state index is 0.0549. The van der Waals surface area contributed by atoms with Crippen molar-refractivity contribution in [3.8, 4) is 0 Å². The van der Waals surface area contributed by atoms with Crippen LogP contribution in [0.25, 0.3) is 0 Å². The van der Waals surface area contributed by atoms with E-state index >= 15 is 0 Å². The van der Waals surface area contributed by atoms with Crippen LogP contribution in [0.1, 0.15) is 18.3 Å². The third kappa shape index (κ3) is 3.14. The highest BCUT2D eigenvalue weighted by Gasteiger charge is 2.14. The summed E-state index contributed by atoms with van der Waals surface area (Å²) in [6.07, 6.45) is 2.33. The maximum Gasteiger partial charge on any atom is 0.176 e. The van der Waals surface area contributed by atoms with Gasteiger partial charge in [-0.1, -0.05) is 23.7 Å². The number of halogens is 1. The molecule has 0 aliphatic heterocycles. The molecule has 0 saturated carbocycles. The van der Waals surface area contributed by atoms with E-state index in [9.17, 15) is 0 Å². The van der Waals surface area contributed by atoms with Crippen molar-refractivity contribution in [1.29, 1.82) is 0 Å². The minimum atomic E-state index is -0.0549. The SMILES string of the molecule is CCc1nsc(Sc2nccc(/C(N)=N/O)c2Cl)n1. The van der Waals surface area contributed by atoms with Gasteiger partial charge in [-0.15, -0.1) is 0 Å². The van der Waals surface area contributed by atoms with Crippen molar-refractivity contribution in [1.82, 2.24) is 14.3 Å². The molecule has 0 amide bonds. The molecule has 0 bridgehead atoms. The van der Waals surface area contributed by atoms with Gasteiger partial charge in [-0.05, 0) is 29.4 Å². The smallest absolute Gasteiger partial charge is 0.176 e. The Labute approximate surface area is 122 Å². The highest BCUT2D eigenvalue weighted by molar-refractivity contribution is 8.01. The van der Waals surface area contributed by atoms with Crippen LogP contribution in [0.5, 0.6) is 0 Å². The van der Waals surface area contributed by atoms with Crippen LogP contribution in [0.3, 0.4) is 0 Å². The lowest BCUT2D eigenvalue weighted by molar-refractivity contribution is 0.318. The van der Waals surface area contributed by atoms with Crippen LogP contribution in [0.2, 0.25) is 5.02 Å². The molecule has 19 heavy (non-hydrogen) atoms. The van der Waals surface area contributed by atoms with Crippen molar-refractivity contribution >= 4 is 40.7 Å². The Balaban J connectivity index is 2.30. The fourth-order valence-electron chi connectivity index (χ4n) is 1.25. The topological polar surface area (TPSA) is 97.3 Å². The normalized spacial score (nSPS) is 11.8. The molecule has 6 nitrogen and oxygen atoms in total. The number of aromatic nitrogens is 3. The first-order valence-corrected chi connectivity index (χ1v) is 7.25. The van der Waals surface area contributed by atoms with Gasteiger partial charge in [0.25, 0.3) is 0 Å². The Kier molecular flexibility index (Phi) is 4.56. The van der Waals surface area contributed by atoms with E-state index in [2.05, 4.69) is 19.5 Å². The first-order chi connectivity index (χ1) is 9.15. The Bertz CT molecular complexity index is 616. The summed E-state index contributed by atoms with van der Waals surface area (Å²) in [7, 11) is 0. The number of hydrogen-bond donors (Lipinski definition) is 2. The zero-order valence-corrected chi connectivity index (χ0v) is 12.3. The summed E-state index contributed by atoms with van der Waals surface area (Å²) in [6, 6.07) is 1.58. The van der Waals surface area contributed by atoms with E-state index in [0.717, 1.165) is 16.6 Å². The standard InChI is InChI=1S/C10H10ClN5OS2/c1-2-6-14-10(19-16-6)18-9-7(11)5(3-4-13-9)8(12)15-17/h3-4,17H,2H2,1H3,(H2,12,15). The van der Waals surface area contributed by atoms with Crippen LogP contribution in [0.15, 0.2) is 26.8 Å². The quantitative estimate of drug-likeness (QED) is 0.389. The van der Waals surface area contributed by atoms with Crippen molar-refractivity contribution < 1.29 is 5.21 Å². The van der Waals surface area contributed by atoms with Crippen LogP contribution in [-0.2, 0) is 6.42 Å². The average Bonchev–Trinajstić information content (AvgIpc) is 2.88. The molecule has 2 aromatic rings. The number of oxime groups is 1. The second-order valence-electron chi connectivity index (χ2n) is 3.40. The molecule has 0 aliphatic rings. The molecule has 0 fully saturated rings. The molecule has 2 aromatic heterocycles. The van der Waals surface area contributed by atoms with Crippen LogP contribution < -0.4 is 5.73 Å². The van der Waals surface area contributed by atoms with Crippen molar-refractivity contribution in [2.24, 2.45) is 10.9 Å². The summed E-state index contributed by atoms with van der Waals surface area (Å²) in [5, 5.41) is 12.5. The lowest BCUT2D eigenvalue weighted by Gasteiger charge is -2.05. The summed E-state index contributed by atoms with van der Waals surface area (Å²) in [5.74, 6) is 0.733. The molecule has 2 heterocycles. The van der Waals surface area contributed by atoms with E-state index in [1.54, 1.807) is 12.3 Å². The predicted molar refractivity (Wildman–Crippen MR) is 75.2 cm³/mol. The van der Waals surface area contributed by atoms with Gasteiger partial charge in [-0.3, -0.25) is 0 Å². The zero-order valence-electron chi connectivity index (χ0n) is 9.87. The Hall–Kier alpha value is -1.38. The number of nitrogens with two attached hydrogens (primary N) is 1. The van der Waals surface area contributed by atoms with Crippen molar-refractivity contribution in [2.75, 3.05) is 0 Å². The maximum absolute atomic E-state index is 8.69. The Morgan fingerprint density at radius 1 is 1.63 bits per heavy atom. The van der Waals surface area contributed by atoms with E-state index in [-0.39, 0.29) is 5.84 Å². The molecular weight excluding hydrogens is 306 g/mol. The molecule has 0 spiro atoms. The monoisotopic (exact) mass is 315 g/mol. The lowest BCUT2D eigenvalue weighted by Crippen LogP contribution is -2.14. The van der Waals surface area contributed by atoms with Gasteiger partial charge in [0.1, 0.15) is 10.9 Å². The largest absolute Gasteiger partial charge is 0.409 e. The van der Waals surface area contributed by atoms with E-state index in [1.165, 1.54) is 23.3 Å². The molecular formula is C10H10ClN5OS2. The minimum Gasteiger partial charge on any atom is -0.409 e. The van der Waals surface area contributed by atoms with Crippen LogP contribution in [0.4, 0.5) is 0 Å². The molecule has 0 atom stereocenters. The third-order valence-corrected chi connectivity index (χ3v) is 4.48. The van der Waals surface area contributed by atoms with Gasteiger partial charge in [-0.25, -0.2) is 9.97 Å². The highest BCUT2D eigenvalue weighted by Crippen LogP contribution is 2.34. The van der Waals surface area contributed by atoms with Crippen molar-refractivity contribution in [3.05, 3.63) is 28.7 Å². The molecule has 9 heteroatoms. The number of aryl methyl sites for hydroxylation is 1. The van der Waals surface area contributed by atoms with Gasteiger partial charge >= 0.3 is 0 Å². The first-order valence-electron chi connectivity index (χ1n) is 5.28. The molecule has 0 aromatic carbocycles. The summed E-state index contributed by atoms with van der Waals surface area (Å²) >= 11 is 8.77. The predicted octanol–water partition coefficient (Wildman–Crippen LogP) is 2.39. The Morgan fingerprint density at radius 3 is 3.05 bits per heavy atom. The van der Waals surface area contributed by atoms with Gasteiger partial charge in [0.15, 0.2) is 10.2 Å². The van der Waals surface area contributed by atoms with Crippen molar-refractivity contribution in [3.63, 3.8) is 0 Å². The molecule has 100 valence electrons. The highest BCUT2D eigenvalue weighted by atomic mass is 35.5. The molecule has 0 unspecified atom stereocenters. The van der Waals surface area contributed by atoms with Crippen LogP contribution >= 0.6 is 34.9 Å². The molecule has 0 aliphatic carbocycles. The second kappa shape index (κ2) is 6.18. The number of nitrogens with zero attached hydrogens (tertiary/aromatic N) is 4. The zero-order chi connectivity index (χ0) is 13.8. The van der Waals surface area contributed by atoms with Crippen molar-refractivity contribution in [2.45, 2.75) is 22.7 Å². The van der Waals surface area contributed by atoms with E-state index < -0.39 is 0 Å². The Morgan fingerprint density at radius 2 is 2.42 bits per heavy atom. The van der Waals surface area contributed by atoms with Gasteiger partial charge in [0, 0.05) is 18.2 Å². The van der Waals surface area contributed by atoms with Gasteiger partial charge < -0.3 is 10.9 Å². The number of hydrogen-bond acceptors (Lipinski definition) is 7. The molecule has 2 rings (SSSR count).